The number of halogens is 2. The second-order valence-corrected chi connectivity index (χ2v) is 7.39. The molecule has 0 amide bonds. The third-order valence-corrected chi connectivity index (χ3v) is 4.95. The lowest BCUT2D eigenvalue weighted by Gasteiger charge is -2.25. The van der Waals surface area contributed by atoms with Gasteiger partial charge < -0.3 is 10.6 Å². The van der Waals surface area contributed by atoms with Crippen molar-refractivity contribution in [1.82, 2.24) is 25.4 Å². The van der Waals surface area contributed by atoms with Crippen molar-refractivity contribution in [1.29, 1.82) is 0 Å². The monoisotopic (exact) mass is 422 g/mol. The zero-order valence-corrected chi connectivity index (χ0v) is 16.7. The van der Waals surface area contributed by atoms with Crippen LogP contribution < -0.4 is 10.6 Å². The normalized spacial score (nSPS) is 17.1. The summed E-state index contributed by atoms with van der Waals surface area (Å²) in [6, 6.07) is 5.48. The molecular weight excluding hydrogens is 399 g/mol. The molecule has 2 N–H and O–H groups in total. The minimum Gasteiger partial charge on any atom is -0.356 e. The predicted molar refractivity (Wildman–Crippen MR) is 104 cm³/mol. The molecule has 0 radical (unpaired) electrons. The summed E-state index contributed by atoms with van der Waals surface area (Å²) >= 11 is 3.28. The maximum absolute atomic E-state index is 13.8. The Balaban J connectivity index is 1.44. The van der Waals surface area contributed by atoms with Gasteiger partial charge in [-0.3, -0.25) is 4.99 Å². The first-order valence-corrected chi connectivity index (χ1v) is 9.66. The van der Waals surface area contributed by atoms with Crippen molar-refractivity contribution in [2.45, 2.75) is 45.2 Å². The van der Waals surface area contributed by atoms with Gasteiger partial charge in [0.15, 0.2) is 5.96 Å². The first-order valence-electron chi connectivity index (χ1n) is 8.86. The fourth-order valence-corrected chi connectivity index (χ4v) is 3.48. The molecule has 1 unspecified atom stereocenters. The summed E-state index contributed by atoms with van der Waals surface area (Å²) < 4.78 is 16.6. The quantitative estimate of drug-likeness (QED) is 0.441. The van der Waals surface area contributed by atoms with E-state index in [0.717, 1.165) is 60.0 Å². The minimum absolute atomic E-state index is 0.164. The Morgan fingerprint density at radius 2 is 2.31 bits per heavy atom. The molecule has 1 aromatic heterocycles. The maximum Gasteiger partial charge on any atom is 0.191 e. The van der Waals surface area contributed by atoms with Crippen LogP contribution in [0.25, 0.3) is 0 Å². The van der Waals surface area contributed by atoms with Gasteiger partial charge in [0.2, 0.25) is 0 Å². The van der Waals surface area contributed by atoms with E-state index in [1.165, 1.54) is 6.07 Å². The number of aromatic nitrogens is 3. The Labute approximate surface area is 161 Å². The highest BCUT2D eigenvalue weighted by atomic mass is 79.9. The van der Waals surface area contributed by atoms with Crippen LogP contribution in [-0.4, -0.2) is 40.4 Å². The zero-order valence-electron chi connectivity index (χ0n) is 15.1. The van der Waals surface area contributed by atoms with Crippen LogP contribution in [0.5, 0.6) is 0 Å². The number of benzene rings is 1. The lowest BCUT2D eigenvalue weighted by Crippen LogP contribution is -2.47. The number of rotatable bonds is 5. The topological polar surface area (TPSA) is 67.1 Å². The van der Waals surface area contributed by atoms with Gasteiger partial charge in [-0.1, -0.05) is 22.0 Å². The van der Waals surface area contributed by atoms with Crippen molar-refractivity contribution in [2.75, 3.05) is 13.6 Å². The minimum atomic E-state index is -0.164. The predicted octanol–water partition coefficient (Wildman–Crippen LogP) is 2.60. The summed E-state index contributed by atoms with van der Waals surface area (Å²) in [6.45, 7) is 3.44. The molecule has 2 heterocycles. The van der Waals surface area contributed by atoms with Gasteiger partial charge in [0.25, 0.3) is 0 Å². The molecule has 1 aliphatic rings. The third kappa shape index (κ3) is 4.81. The van der Waals surface area contributed by atoms with E-state index in [9.17, 15) is 4.39 Å². The van der Waals surface area contributed by atoms with Gasteiger partial charge >= 0.3 is 0 Å². The van der Waals surface area contributed by atoms with E-state index in [0.29, 0.717) is 6.42 Å². The molecule has 0 aliphatic carbocycles. The van der Waals surface area contributed by atoms with Gasteiger partial charge in [0.05, 0.1) is 6.54 Å². The lowest BCUT2D eigenvalue weighted by molar-refractivity contribution is 0.392. The van der Waals surface area contributed by atoms with E-state index in [4.69, 9.17) is 0 Å². The summed E-state index contributed by atoms with van der Waals surface area (Å²) in [5, 5.41) is 11.2. The number of aryl methyl sites for hydroxylation is 3. The SMILES string of the molecule is CN=C(NCCCc1ccc(Br)cc1F)NC1CCc2nc(C)nn2C1. The van der Waals surface area contributed by atoms with E-state index < -0.39 is 0 Å². The van der Waals surface area contributed by atoms with E-state index in [1.807, 2.05) is 23.7 Å². The molecule has 1 atom stereocenters. The first kappa shape index (κ1) is 18.8. The molecule has 26 heavy (non-hydrogen) atoms. The summed E-state index contributed by atoms with van der Waals surface area (Å²) in [5.41, 5.74) is 0.735. The largest absolute Gasteiger partial charge is 0.356 e. The van der Waals surface area contributed by atoms with Crippen molar-refractivity contribution >= 4 is 21.9 Å². The summed E-state index contributed by atoms with van der Waals surface area (Å²) in [4.78, 5) is 8.72. The second-order valence-electron chi connectivity index (χ2n) is 6.48. The van der Waals surface area contributed by atoms with E-state index >= 15 is 0 Å². The average molecular weight is 423 g/mol. The van der Waals surface area contributed by atoms with Gasteiger partial charge in [0, 0.05) is 30.5 Å². The Kier molecular flexibility index (Phi) is 6.24. The van der Waals surface area contributed by atoms with E-state index in [2.05, 4.69) is 41.6 Å². The molecule has 140 valence electrons. The fourth-order valence-electron chi connectivity index (χ4n) is 3.15. The number of aliphatic imine (C=N–C) groups is 1. The van der Waals surface area contributed by atoms with E-state index in [-0.39, 0.29) is 11.9 Å². The van der Waals surface area contributed by atoms with Crippen LogP contribution in [0, 0.1) is 12.7 Å². The number of hydrogen-bond acceptors (Lipinski definition) is 3. The molecule has 0 saturated heterocycles. The molecule has 1 aliphatic heterocycles. The Bertz CT molecular complexity index is 788. The molecule has 2 aromatic rings. The highest BCUT2D eigenvalue weighted by molar-refractivity contribution is 9.10. The van der Waals surface area contributed by atoms with Crippen LogP contribution >= 0.6 is 15.9 Å². The number of hydrogen-bond donors (Lipinski definition) is 2. The van der Waals surface area contributed by atoms with Crippen molar-refractivity contribution in [3.63, 3.8) is 0 Å². The molecule has 8 heteroatoms. The molecule has 0 spiro atoms. The van der Waals surface area contributed by atoms with Crippen LogP contribution in [0.1, 0.15) is 30.1 Å². The van der Waals surface area contributed by atoms with Crippen molar-refractivity contribution in [2.24, 2.45) is 4.99 Å². The molecule has 0 saturated carbocycles. The first-order chi connectivity index (χ1) is 12.5. The smallest absolute Gasteiger partial charge is 0.191 e. The van der Waals surface area contributed by atoms with Gasteiger partial charge in [-0.05, 0) is 43.9 Å². The summed E-state index contributed by atoms with van der Waals surface area (Å²) in [5.74, 6) is 2.48. The fraction of sp³-hybridized carbons (Fsp3) is 0.500. The highest BCUT2D eigenvalue weighted by Gasteiger charge is 2.21. The van der Waals surface area contributed by atoms with Gasteiger partial charge in [-0.15, -0.1) is 0 Å². The van der Waals surface area contributed by atoms with Crippen LogP contribution in [0.4, 0.5) is 4.39 Å². The third-order valence-electron chi connectivity index (χ3n) is 4.46. The van der Waals surface area contributed by atoms with Crippen LogP contribution in [0.3, 0.4) is 0 Å². The van der Waals surface area contributed by atoms with Crippen molar-refractivity contribution in [3.05, 3.63) is 45.7 Å². The highest BCUT2D eigenvalue weighted by Crippen LogP contribution is 2.16. The van der Waals surface area contributed by atoms with Gasteiger partial charge in [-0.25, -0.2) is 14.1 Å². The van der Waals surface area contributed by atoms with Gasteiger partial charge in [-0.2, -0.15) is 5.10 Å². The summed E-state index contributed by atoms with van der Waals surface area (Å²) in [7, 11) is 1.76. The molecule has 0 fully saturated rings. The maximum atomic E-state index is 13.8. The molecule has 3 rings (SSSR count). The Morgan fingerprint density at radius 3 is 3.08 bits per heavy atom. The Morgan fingerprint density at radius 1 is 1.46 bits per heavy atom. The summed E-state index contributed by atoms with van der Waals surface area (Å²) in [6.07, 6.45) is 3.44. The van der Waals surface area contributed by atoms with Crippen LogP contribution in [0.15, 0.2) is 27.7 Å². The molecular formula is C18H24BrFN6. The number of nitrogens with one attached hydrogen (secondary N) is 2. The number of fused-ring (bicyclic) bond motifs is 1. The number of guanidine groups is 1. The molecule has 0 bridgehead atoms. The molecule has 1 aromatic carbocycles. The van der Waals surface area contributed by atoms with Crippen LogP contribution in [0.2, 0.25) is 0 Å². The average Bonchev–Trinajstić information content (AvgIpc) is 2.98. The zero-order chi connectivity index (χ0) is 18.5. The molecule has 6 nitrogen and oxygen atoms in total. The van der Waals surface area contributed by atoms with Crippen molar-refractivity contribution < 1.29 is 4.39 Å². The lowest BCUT2D eigenvalue weighted by atomic mass is 10.1. The van der Waals surface area contributed by atoms with Crippen LogP contribution in [-0.2, 0) is 19.4 Å². The Hall–Kier alpha value is -1.96. The van der Waals surface area contributed by atoms with Gasteiger partial charge in [0.1, 0.15) is 17.5 Å². The van der Waals surface area contributed by atoms with E-state index in [1.54, 1.807) is 7.05 Å². The van der Waals surface area contributed by atoms with Crippen molar-refractivity contribution in [3.8, 4) is 0 Å². The number of nitrogens with zero attached hydrogens (tertiary/aromatic N) is 4. The standard InChI is InChI=1S/C18H24BrFN6/c1-12-23-17-8-7-15(11-26(17)25-12)24-18(21-2)22-9-3-4-13-5-6-14(19)10-16(13)20/h5-6,10,15H,3-4,7-9,11H2,1-2H3,(H2,21,22,24). The second kappa shape index (κ2) is 8.62.